The van der Waals surface area contributed by atoms with Crippen molar-refractivity contribution in [3.05, 3.63) is 34.7 Å². The van der Waals surface area contributed by atoms with Crippen molar-refractivity contribution in [2.75, 3.05) is 0 Å². The van der Waals surface area contributed by atoms with E-state index in [1.54, 1.807) is 12.1 Å². The zero-order valence-corrected chi connectivity index (χ0v) is 10.1. The molecule has 1 aromatic heterocycles. The van der Waals surface area contributed by atoms with E-state index in [1.165, 1.54) is 6.07 Å². The minimum Gasteiger partial charge on any atom is -0.350 e. The monoisotopic (exact) mass is 257 g/mol. The molecule has 2 rings (SSSR count). The van der Waals surface area contributed by atoms with Crippen LogP contribution < -0.4 is 0 Å². The second-order valence-corrected chi connectivity index (χ2v) is 3.57. The lowest BCUT2D eigenvalue weighted by Gasteiger charge is -1.99. The summed E-state index contributed by atoms with van der Waals surface area (Å²) in [5.41, 5.74) is 0.898. The van der Waals surface area contributed by atoms with Crippen LogP contribution in [-0.4, -0.2) is 4.57 Å². The molecule has 0 atom stereocenters. The number of hydrogen-bond acceptors (Lipinski definition) is 0. The van der Waals surface area contributed by atoms with Gasteiger partial charge in [0, 0.05) is 23.1 Å². The molecule has 3 heteroatoms. The molecule has 1 aromatic carbocycles. The molecule has 0 aliphatic carbocycles. The van der Waals surface area contributed by atoms with Gasteiger partial charge in [-0.1, -0.05) is 13.8 Å². The van der Waals surface area contributed by atoms with E-state index in [2.05, 4.69) is 15.9 Å². The molecule has 0 amide bonds. The van der Waals surface area contributed by atoms with Gasteiger partial charge < -0.3 is 4.57 Å². The van der Waals surface area contributed by atoms with E-state index < -0.39 is 0 Å². The minimum atomic E-state index is -0.172. The Morgan fingerprint density at radius 1 is 1.21 bits per heavy atom. The van der Waals surface area contributed by atoms with E-state index in [9.17, 15) is 4.39 Å². The van der Waals surface area contributed by atoms with Crippen molar-refractivity contribution < 1.29 is 4.39 Å². The summed E-state index contributed by atoms with van der Waals surface area (Å²) in [5, 5.41) is 0.659. The predicted molar refractivity (Wildman–Crippen MR) is 61.9 cm³/mol. The van der Waals surface area contributed by atoms with E-state index >= 15 is 0 Å². The highest BCUT2D eigenvalue weighted by molar-refractivity contribution is 9.10. The average molecular weight is 258 g/mol. The highest BCUT2D eigenvalue weighted by atomic mass is 79.9. The predicted octanol–water partition coefficient (Wildman–Crippen LogP) is 4.11. The van der Waals surface area contributed by atoms with Crippen LogP contribution >= 0.6 is 15.9 Å². The van der Waals surface area contributed by atoms with E-state index in [1.807, 2.05) is 31.7 Å². The van der Waals surface area contributed by atoms with Crippen LogP contribution in [0.15, 0.2) is 28.9 Å². The Bertz CT molecular complexity index is 434. The van der Waals surface area contributed by atoms with Crippen LogP contribution in [-0.2, 0) is 7.05 Å². The van der Waals surface area contributed by atoms with Crippen molar-refractivity contribution in [1.29, 1.82) is 0 Å². The molecule has 0 aliphatic heterocycles. The highest BCUT2D eigenvalue weighted by Gasteiger charge is 2.06. The molecule has 0 unspecified atom stereocenters. The van der Waals surface area contributed by atoms with Crippen molar-refractivity contribution in [3.63, 3.8) is 0 Å². The quantitative estimate of drug-likeness (QED) is 0.670. The fourth-order valence-corrected chi connectivity index (χ4v) is 1.96. The number of benzene rings is 1. The van der Waals surface area contributed by atoms with E-state index in [-0.39, 0.29) is 5.82 Å². The summed E-state index contributed by atoms with van der Waals surface area (Å²) in [6.45, 7) is 4.00. The Kier molecular flexibility index (Phi) is 3.69. The number of rotatable bonds is 0. The first kappa shape index (κ1) is 11.2. The van der Waals surface area contributed by atoms with Crippen LogP contribution in [0.4, 0.5) is 4.39 Å². The molecule has 0 N–H and O–H groups in total. The molecule has 1 heterocycles. The lowest BCUT2D eigenvalue weighted by molar-refractivity contribution is 0.639. The summed E-state index contributed by atoms with van der Waals surface area (Å²) in [4.78, 5) is 0. The van der Waals surface area contributed by atoms with Crippen LogP contribution in [0.2, 0.25) is 0 Å². The summed E-state index contributed by atoms with van der Waals surface area (Å²) in [7, 11) is 1.90. The number of fused-ring (bicyclic) bond motifs is 1. The van der Waals surface area contributed by atoms with Gasteiger partial charge in [-0.2, -0.15) is 0 Å². The third-order valence-electron chi connectivity index (χ3n) is 1.93. The number of nitrogens with zero attached hydrogens (tertiary/aromatic N) is 1. The molecule has 14 heavy (non-hydrogen) atoms. The topological polar surface area (TPSA) is 4.93 Å². The lowest BCUT2D eigenvalue weighted by Crippen LogP contribution is -1.86. The maximum Gasteiger partial charge on any atom is 0.132 e. The van der Waals surface area contributed by atoms with Crippen LogP contribution in [0.5, 0.6) is 0 Å². The second-order valence-electron chi connectivity index (χ2n) is 2.72. The first-order chi connectivity index (χ1) is 6.70. The smallest absolute Gasteiger partial charge is 0.132 e. The Morgan fingerprint density at radius 2 is 1.86 bits per heavy atom. The maximum atomic E-state index is 13.1. The molecular weight excluding hydrogens is 245 g/mol. The molecule has 0 aliphatic rings. The van der Waals surface area contributed by atoms with Crippen molar-refractivity contribution in [1.82, 2.24) is 4.57 Å². The summed E-state index contributed by atoms with van der Waals surface area (Å²) < 4.78 is 16.0. The fourth-order valence-electron chi connectivity index (χ4n) is 1.33. The van der Waals surface area contributed by atoms with Crippen molar-refractivity contribution >= 4 is 26.8 Å². The largest absolute Gasteiger partial charge is 0.350 e. The first-order valence-corrected chi connectivity index (χ1v) is 5.38. The van der Waals surface area contributed by atoms with E-state index in [0.717, 1.165) is 9.99 Å². The van der Waals surface area contributed by atoms with Crippen LogP contribution in [0.25, 0.3) is 10.9 Å². The van der Waals surface area contributed by atoms with Crippen LogP contribution in [0.3, 0.4) is 0 Å². The molecule has 0 fully saturated rings. The van der Waals surface area contributed by atoms with Crippen LogP contribution in [0, 0.1) is 5.82 Å². The number of hydrogen-bond donors (Lipinski definition) is 0. The molecular formula is C11H13BrFN. The molecule has 1 nitrogen and oxygen atoms in total. The molecule has 2 aromatic rings. The van der Waals surface area contributed by atoms with Gasteiger partial charge in [0.25, 0.3) is 0 Å². The molecule has 0 bridgehead atoms. The highest BCUT2D eigenvalue weighted by Crippen LogP contribution is 2.26. The lowest BCUT2D eigenvalue weighted by atomic mass is 10.2. The molecule has 0 spiro atoms. The summed E-state index contributed by atoms with van der Waals surface area (Å²) in [6.07, 6.45) is 1.85. The zero-order chi connectivity index (χ0) is 10.7. The minimum absolute atomic E-state index is 0.172. The Morgan fingerprint density at radius 3 is 2.43 bits per heavy atom. The van der Waals surface area contributed by atoms with Gasteiger partial charge in [-0.05, 0) is 34.1 Å². The van der Waals surface area contributed by atoms with Gasteiger partial charge >= 0.3 is 0 Å². The SMILES string of the molecule is CC.Cn1ccc2c(F)ccc(Br)c21. The van der Waals surface area contributed by atoms with Crippen molar-refractivity contribution in [2.45, 2.75) is 13.8 Å². The maximum absolute atomic E-state index is 13.1. The standard InChI is InChI=1S/C9H7BrFN.C2H6/c1-12-5-4-6-8(11)3-2-7(10)9(6)12;1-2/h2-5H,1H3;1-2H3. The molecule has 0 saturated carbocycles. The summed E-state index contributed by atoms with van der Waals surface area (Å²) in [6, 6.07) is 4.96. The molecule has 76 valence electrons. The van der Waals surface area contributed by atoms with Crippen LogP contribution in [0.1, 0.15) is 13.8 Å². The summed E-state index contributed by atoms with van der Waals surface area (Å²) >= 11 is 3.37. The van der Waals surface area contributed by atoms with Gasteiger partial charge in [-0.3, -0.25) is 0 Å². The van der Waals surface area contributed by atoms with Gasteiger partial charge in [0.15, 0.2) is 0 Å². The normalized spacial score (nSPS) is 9.79. The molecule has 0 saturated heterocycles. The van der Waals surface area contributed by atoms with Gasteiger partial charge in [0.1, 0.15) is 5.82 Å². The van der Waals surface area contributed by atoms with E-state index in [0.29, 0.717) is 5.39 Å². The van der Waals surface area contributed by atoms with Gasteiger partial charge in [-0.15, -0.1) is 0 Å². The van der Waals surface area contributed by atoms with Crippen molar-refractivity contribution in [2.24, 2.45) is 7.05 Å². The number of aromatic nitrogens is 1. The van der Waals surface area contributed by atoms with Gasteiger partial charge in [-0.25, -0.2) is 4.39 Å². The first-order valence-electron chi connectivity index (χ1n) is 4.59. The Labute approximate surface area is 91.7 Å². The van der Waals surface area contributed by atoms with Gasteiger partial charge in [0.05, 0.1) is 5.52 Å². The third-order valence-corrected chi connectivity index (χ3v) is 2.57. The molecule has 0 radical (unpaired) electrons. The number of halogens is 2. The number of aryl methyl sites for hydroxylation is 1. The fraction of sp³-hybridized carbons (Fsp3) is 0.273. The van der Waals surface area contributed by atoms with E-state index in [4.69, 9.17) is 0 Å². The van der Waals surface area contributed by atoms with Gasteiger partial charge in [0.2, 0.25) is 0 Å². The summed E-state index contributed by atoms with van der Waals surface area (Å²) in [5.74, 6) is -0.172. The second kappa shape index (κ2) is 4.60. The Balaban J connectivity index is 0.000000461. The third kappa shape index (κ3) is 1.82. The zero-order valence-electron chi connectivity index (χ0n) is 8.51. The Hall–Kier alpha value is -0.830. The average Bonchev–Trinajstić information content (AvgIpc) is 2.59. The van der Waals surface area contributed by atoms with Crippen molar-refractivity contribution in [3.8, 4) is 0 Å².